The molecule has 8 nitrogen and oxygen atoms in total. The van der Waals surface area contributed by atoms with E-state index in [0.29, 0.717) is 17.0 Å². The lowest BCUT2D eigenvalue weighted by Gasteiger charge is -2.31. The van der Waals surface area contributed by atoms with Crippen molar-refractivity contribution in [1.82, 2.24) is 15.0 Å². The summed E-state index contributed by atoms with van der Waals surface area (Å²) in [5, 5.41) is 3.04. The van der Waals surface area contributed by atoms with E-state index in [9.17, 15) is 18.0 Å². The summed E-state index contributed by atoms with van der Waals surface area (Å²) in [6.45, 7) is 10.2. The maximum atomic E-state index is 13.2. The molecule has 0 aromatic carbocycles. The number of dihydropyridines is 1. The molecule has 2 heterocycles. The van der Waals surface area contributed by atoms with Crippen molar-refractivity contribution in [3.63, 3.8) is 0 Å². The highest BCUT2D eigenvalue weighted by molar-refractivity contribution is 7.90. The number of Topliss-reactive ketones (excluding diaryl/α,β-unsaturated/α-hetero) is 1. The standard InChI is InChI=1S/C21H29N3O5S/c1-12(2)24-30(27,28)11-17(25)18-14(5)23-15(6)19(21(26)29-13(3)4)20(18)16-8-7-9-22-10-16/h7-10,12-13,20,23-24H,11H2,1-6H3. The molecule has 0 fully saturated rings. The number of sulfonamides is 1. The van der Waals surface area contributed by atoms with Gasteiger partial charge < -0.3 is 10.1 Å². The molecule has 9 heteroatoms. The smallest absolute Gasteiger partial charge is 0.337 e. The van der Waals surface area contributed by atoms with Crippen molar-refractivity contribution in [2.45, 2.75) is 59.6 Å². The molecule has 1 unspecified atom stereocenters. The van der Waals surface area contributed by atoms with Gasteiger partial charge in [-0.05, 0) is 53.2 Å². The number of aromatic nitrogens is 1. The second-order valence-electron chi connectivity index (χ2n) is 7.83. The molecule has 2 N–H and O–H groups in total. The van der Waals surface area contributed by atoms with Crippen molar-refractivity contribution in [1.29, 1.82) is 0 Å². The van der Waals surface area contributed by atoms with Gasteiger partial charge in [0.2, 0.25) is 10.0 Å². The van der Waals surface area contributed by atoms with Crippen LogP contribution in [0.1, 0.15) is 53.0 Å². The quantitative estimate of drug-likeness (QED) is 0.601. The molecule has 0 spiro atoms. The van der Waals surface area contributed by atoms with Crippen LogP contribution in [0.5, 0.6) is 0 Å². The third-order valence-corrected chi connectivity index (χ3v) is 5.85. The summed E-state index contributed by atoms with van der Waals surface area (Å²) in [6.07, 6.45) is 2.80. The predicted octanol–water partition coefficient (Wildman–Crippen LogP) is 2.16. The molecule has 164 valence electrons. The van der Waals surface area contributed by atoms with Gasteiger partial charge in [-0.25, -0.2) is 17.9 Å². The summed E-state index contributed by atoms with van der Waals surface area (Å²) < 4.78 is 32.6. The van der Waals surface area contributed by atoms with Crippen LogP contribution in [-0.4, -0.2) is 43.1 Å². The third-order valence-electron chi connectivity index (χ3n) is 4.38. The van der Waals surface area contributed by atoms with Crippen LogP contribution in [-0.2, 0) is 24.3 Å². The molecular weight excluding hydrogens is 406 g/mol. The molecule has 1 aliphatic heterocycles. The van der Waals surface area contributed by atoms with Crippen molar-refractivity contribution in [2.75, 3.05) is 5.75 Å². The molecule has 1 aromatic heterocycles. The molecule has 0 aliphatic carbocycles. The van der Waals surface area contributed by atoms with E-state index in [4.69, 9.17) is 4.74 Å². The van der Waals surface area contributed by atoms with Crippen LogP contribution in [0.3, 0.4) is 0 Å². The van der Waals surface area contributed by atoms with Gasteiger partial charge in [-0.2, -0.15) is 0 Å². The number of esters is 1. The van der Waals surface area contributed by atoms with Crippen LogP contribution in [0.2, 0.25) is 0 Å². The molecule has 0 saturated heterocycles. The Balaban J connectivity index is 2.55. The first-order chi connectivity index (χ1) is 13.9. The van der Waals surface area contributed by atoms with E-state index < -0.39 is 33.4 Å². The first kappa shape index (κ1) is 23.8. The van der Waals surface area contributed by atoms with E-state index in [1.54, 1.807) is 66.1 Å². The van der Waals surface area contributed by atoms with Crippen molar-refractivity contribution in [2.24, 2.45) is 0 Å². The summed E-state index contributed by atoms with van der Waals surface area (Å²) >= 11 is 0. The topological polar surface area (TPSA) is 114 Å². The van der Waals surface area contributed by atoms with E-state index in [-0.39, 0.29) is 23.3 Å². The van der Waals surface area contributed by atoms with Crippen molar-refractivity contribution in [3.8, 4) is 0 Å². The summed E-state index contributed by atoms with van der Waals surface area (Å²) in [5.74, 6) is -2.66. The first-order valence-electron chi connectivity index (χ1n) is 9.75. The van der Waals surface area contributed by atoms with Gasteiger partial charge in [0.15, 0.2) is 5.78 Å². The molecule has 0 radical (unpaired) electrons. The zero-order valence-electron chi connectivity index (χ0n) is 18.1. The first-order valence-corrected chi connectivity index (χ1v) is 11.4. The minimum Gasteiger partial charge on any atom is -0.460 e. The number of allylic oxidation sites excluding steroid dienone is 3. The van der Waals surface area contributed by atoms with Crippen molar-refractivity contribution >= 4 is 21.8 Å². The lowest BCUT2D eigenvalue weighted by Crippen LogP contribution is -2.38. The minimum absolute atomic E-state index is 0.207. The van der Waals surface area contributed by atoms with Gasteiger partial charge in [-0.1, -0.05) is 6.07 Å². The number of ketones is 1. The van der Waals surface area contributed by atoms with E-state index in [0.717, 1.165) is 0 Å². The number of carbonyl (C=O) groups excluding carboxylic acids is 2. The van der Waals surface area contributed by atoms with Gasteiger partial charge in [0.1, 0.15) is 5.75 Å². The number of hydrogen-bond donors (Lipinski definition) is 2. The van der Waals surface area contributed by atoms with Crippen molar-refractivity contribution < 1.29 is 22.7 Å². The van der Waals surface area contributed by atoms with Gasteiger partial charge >= 0.3 is 5.97 Å². The zero-order valence-corrected chi connectivity index (χ0v) is 19.0. The van der Waals surface area contributed by atoms with E-state index in [1.165, 1.54) is 0 Å². The number of nitrogens with zero attached hydrogens (tertiary/aromatic N) is 1. The zero-order chi connectivity index (χ0) is 22.6. The van der Waals surface area contributed by atoms with E-state index in [2.05, 4.69) is 15.0 Å². The molecule has 0 saturated carbocycles. The lowest BCUT2D eigenvalue weighted by molar-refractivity contribution is -0.143. The van der Waals surface area contributed by atoms with Crippen LogP contribution >= 0.6 is 0 Å². The normalized spacial score (nSPS) is 17.4. The van der Waals surface area contributed by atoms with Crippen LogP contribution in [0.15, 0.2) is 47.1 Å². The number of hydrogen-bond acceptors (Lipinski definition) is 7. The Bertz CT molecular complexity index is 979. The average Bonchev–Trinajstić information content (AvgIpc) is 2.59. The number of nitrogens with one attached hydrogen (secondary N) is 2. The SMILES string of the molecule is CC1=C(C(=O)CS(=O)(=O)NC(C)C)C(c2cccnc2)C(C(=O)OC(C)C)=C(C)N1. The Morgan fingerprint density at radius 3 is 2.33 bits per heavy atom. The van der Waals surface area contributed by atoms with Gasteiger partial charge in [0.25, 0.3) is 0 Å². The Morgan fingerprint density at radius 1 is 1.17 bits per heavy atom. The van der Waals surface area contributed by atoms with Crippen LogP contribution in [0, 0.1) is 0 Å². The summed E-state index contributed by atoms with van der Waals surface area (Å²) in [6, 6.07) is 3.11. The molecule has 1 aromatic rings. The Hall–Kier alpha value is -2.52. The van der Waals surface area contributed by atoms with Gasteiger partial charge in [-0.15, -0.1) is 0 Å². The Kier molecular flexibility index (Phi) is 7.54. The van der Waals surface area contributed by atoms with Gasteiger partial charge in [-0.3, -0.25) is 9.78 Å². The molecule has 30 heavy (non-hydrogen) atoms. The maximum Gasteiger partial charge on any atom is 0.337 e. The fraction of sp³-hybridized carbons (Fsp3) is 0.476. The molecule has 1 aliphatic rings. The monoisotopic (exact) mass is 435 g/mol. The highest BCUT2D eigenvalue weighted by Crippen LogP contribution is 2.39. The molecule has 2 rings (SSSR count). The largest absolute Gasteiger partial charge is 0.460 e. The van der Waals surface area contributed by atoms with E-state index >= 15 is 0 Å². The van der Waals surface area contributed by atoms with Crippen molar-refractivity contribution in [3.05, 3.63) is 52.6 Å². The van der Waals surface area contributed by atoms with Crippen LogP contribution < -0.4 is 10.0 Å². The molecular formula is C21H29N3O5S. The molecule has 0 bridgehead atoms. The summed E-state index contributed by atoms with van der Waals surface area (Å²) in [4.78, 5) is 30.2. The number of carbonyl (C=O) groups is 2. The van der Waals surface area contributed by atoms with Crippen LogP contribution in [0.25, 0.3) is 0 Å². The Labute approximate surface area is 177 Å². The summed E-state index contributed by atoms with van der Waals surface area (Å²) in [7, 11) is -3.84. The second kappa shape index (κ2) is 9.53. The highest BCUT2D eigenvalue weighted by Gasteiger charge is 2.38. The number of pyridine rings is 1. The molecule has 1 atom stereocenters. The third kappa shape index (κ3) is 5.76. The lowest BCUT2D eigenvalue weighted by atomic mass is 9.79. The summed E-state index contributed by atoms with van der Waals surface area (Å²) in [5.41, 5.74) is 2.11. The molecule has 0 amide bonds. The fourth-order valence-electron chi connectivity index (χ4n) is 3.44. The van der Waals surface area contributed by atoms with Gasteiger partial charge in [0, 0.05) is 41.3 Å². The average molecular weight is 436 g/mol. The second-order valence-corrected chi connectivity index (χ2v) is 9.58. The minimum atomic E-state index is -3.84. The van der Waals surface area contributed by atoms with Crippen LogP contribution in [0.4, 0.5) is 0 Å². The Morgan fingerprint density at radius 2 is 1.80 bits per heavy atom. The number of rotatable bonds is 8. The predicted molar refractivity (Wildman–Crippen MR) is 114 cm³/mol. The van der Waals surface area contributed by atoms with E-state index in [1.807, 2.05) is 0 Å². The highest BCUT2D eigenvalue weighted by atomic mass is 32.2. The van der Waals surface area contributed by atoms with Gasteiger partial charge in [0.05, 0.1) is 11.7 Å². The maximum absolute atomic E-state index is 13.2. The number of ether oxygens (including phenoxy) is 1. The fourth-order valence-corrected chi connectivity index (χ4v) is 4.75.